The molecule has 0 atom stereocenters. The van der Waals surface area contributed by atoms with Crippen LogP contribution >= 0.6 is 0 Å². The number of aryl methyl sites for hydroxylation is 1. The van der Waals surface area contributed by atoms with E-state index in [4.69, 9.17) is 0 Å². The number of hydrogen-bond donors (Lipinski definition) is 0. The summed E-state index contributed by atoms with van der Waals surface area (Å²) in [7, 11) is 0. The summed E-state index contributed by atoms with van der Waals surface area (Å²) in [4.78, 5) is 0. The minimum Gasteiger partial charge on any atom is -0.0730 e. The molecule has 34 heavy (non-hydrogen) atoms. The first kappa shape index (κ1) is 24.9. The molecule has 0 unspecified atom stereocenters. The van der Waals surface area contributed by atoms with Crippen LogP contribution in [0.15, 0.2) is 60.7 Å². The van der Waals surface area contributed by atoms with Gasteiger partial charge in [0.2, 0.25) is 0 Å². The molecule has 0 nitrogen and oxygen atoms in total. The average molecular weight is 453 g/mol. The monoisotopic (exact) mass is 452 g/mol. The first-order chi connectivity index (χ1) is 16.7. The Labute approximate surface area is 209 Å². The lowest BCUT2D eigenvalue weighted by molar-refractivity contribution is 0.319. The van der Waals surface area contributed by atoms with Crippen LogP contribution in [0.2, 0.25) is 0 Å². The van der Waals surface area contributed by atoms with Crippen molar-refractivity contribution in [1.29, 1.82) is 0 Å². The van der Waals surface area contributed by atoms with E-state index < -0.39 is 0 Å². The molecule has 2 aromatic carbocycles. The number of allylic oxidation sites excluding steroid dienone is 2. The normalized spacial score (nSPS) is 25.1. The molecule has 0 heteroatoms. The first-order valence-electron chi connectivity index (χ1n) is 14.1. The van der Waals surface area contributed by atoms with Crippen LogP contribution in [0.1, 0.15) is 119 Å². The molecule has 0 radical (unpaired) electrons. The Morgan fingerprint density at radius 3 is 1.91 bits per heavy atom. The summed E-state index contributed by atoms with van der Waals surface area (Å²) < 4.78 is 0. The van der Waals surface area contributed by atoms with Crippen LogP contribution in [-0.4, -0.2) is 0 Å². The Morgan fingerprint density at radius 2 is 1.32 bits per heavy atom. The van der Waals surface area contributed by atoms with Crippen molar-refractivity contribution >= 4 is 0 Å². The molecule has 0 amide bonds. The highest BCUT2D eigenvalue weighted by Crippen LogP contribution is 2.37. The van der Waals surface area contributed by atoms with Crippen molar-refractivity contribution in [2.24, 2.45) is 11.8 Å². The maximum atomic E-state index is 3.35. The highest BCUT2D eigenvalue weighted by Gasteiger charge is 2.21. The maximum Gasteiger partial charge on any atom is 0.0249 e. The van der Waals surface area contributed by atoms with Gasteiger partial charge in [0.25, 0.3) is 0 Å². The molecule has 0 aromatic heterocycles. The van der Waals surface area contributed by atoms with Crippen LogP contribution in [0, 0.1) is 23.7 Å². The van der Waals surface area contributed by atoms with E-state index in [-0.39, 0.29) is 0 Å². The van der Waals surface area contributed by atoms with Gasteiger partial charge >= 0.3 is 0 Å². The zero-order valence-corrected chi connectivity index (χ0v) is 21.6. The fraction of sp³-hybridized carbons (Fsp3) is 0.529. The smallest absolute Gasteiger partial charge is 0.0249 e. The summed E-state index contributed by atoms with van der Waals surface area (Å²) in [5, 5.41) is 0. The minimum absolute atomic E-state index is 0.690. The van der Waals surface area contributed by atoms with Gasteiger partial charge in [-0.15, -0.1) is 0 Å². The summed E-state index contributed by atoms with van der Waals surface area (Å²) in [5.74, 6) is 9.80. The van der Waals surface area contributed by atoms with E-state index in [2.05, 4.69) is 86.4 Å². The number of benzene rings is 2. The number of hydrogen-bond acceptors (Lipinski definition) is 0. The molecule has 4 rings (SSSR count). The zero-order chi connectivity index (χ0) is 23.6. The molecule has 0 spiro atoms. The predicted molar refractivity (Wildman–Crippen MR) is 147 cm³/mol. The molecule has 0 saturated heterocycles. The van der Waals surface area contributed by atoms with E-state index in [1.807, 2.05) is 0 Å². The SMILES string of the molecule is CCCCc1ccc([C@H]2CC[C@H](C=CC#Cc3ccc([C@H]4CC[C@H](CC)CC4)cc3)CC2)cc1. The van der Waals surface area contributed by atoms with Crippen LogP contribution in [0.3, 0.4) is 0 Å². The van der Waals surface area contributed by atoms with Gasteiger partial charge in [-0.2, -0.15) is 0 Å². The molecule has 0 heterocycles. The van der Waals surface area contributed by atoms with E-state index in [0.717, 1.165) is 23.3 Å². The molecular formula is C34H44. The van der Waals surface area contributed by atoms with Crippen molar-refractivity contribution in [3.8, 4) is 11.8 Å². The molecule has 2 fully saturated rings. The maximum absolute atomic E-state index is 3.35. The highest BCUT2D eigenvalue weighted by molar-refractivity contribution is 5.39. The van der Waals surface area contributed by atoms with Gasteiger partial charge in [-0.25, -0.2) is 0 Å². The quantitative estimate of drug-likeness (QED) is 0.367. The van der Waals surface area contributed by atoms with Gasteiger partial charge < -0.3 is 0 Å². The number of unbranched alkanes of at least 4 members (excludes halogenated alkanes) is 1. The average Bonchev–Trinajstić information content (AvgIpc) is 2.91. The summed E-state index contributed by atoms with van der Waals surface area (Å²) in [6.07, 6.45) is 20.3. The van der Waals surface area contributed by atoms with E-state index >= 15 is 0 Å². The summed E-state index contributed by atoms with van der Waals surface area (Å²) in [6, 6.07) is 18.6. The molecule has 0 bridgehead atoms. The Kier molecular flexibility index (Phi) is 9.50. The Morgan fingerprint density at radius 1 is 0.735 bits per heavy atom. The van der Waals surface area contributed by atoms with Crippen LogP contribution in [0.25, 0.3) is 0 Å². The van der Waals surface area contributed by atoms with Gasteiger partial charge in [-0.3, -0.25) is 0 Å². The first-order valence-corrected chi connectivity index (χ1v) is 14.1. The largest absolute Gasteiger partial charge is 0.0730 e. The fourth-order valence-electron chi connectivity index (χ4n) is 6.03. The van der Waals surface area contributed by atoms with Gasteiger partial charge in [-0.05, 0) is 123 Å². The molecule has 180 valence electrons. The van der Waals surface area contributed by atoms with Gasteiger partial charge in [0.05, 0.1) is 0 Å². The van der Waals surface area contributed by atoms with Crippen molar-refractivity contribution in [3.63, 3.8) is 0 Å². The van der Waals surface area contributed by atoms with E-state index in [1.165, 1.54) is 88.2 Å². The van der Waals surface area contributed by atoms with Crippen molar-refractivity contribution < 1.29 is 0 Å². The van der Waals surface area contributed by atoms with Crippen molar-refractivity contribution in [3.05, 3.63) is 82.9 Å². The van der Waals surface area contributed by atoms with Crippen molar-refractivity contribution in [2.75, 3.05) is 0 Å². The zero-order valence-electron chi connectivity index (χ0n) is 21.6. The van der Waals surface area contributed by atoms with Crippen LogP contribution in [0.4, 0.5) is 0 Å². The lowest BCUT2D eigenvalue weighted by atomic mass is 9.78. The third-order valence-corrected chi connectivity index (χ3v) is 8.52. The molecular weight excluding hydrogens is 408 g/mol. The third kappa shape index (κ3) is 7.12. The van der Waals surface area contributed by atoms with Crippen LogP contribution in [0.5, 0.6) is 0 Å². The van der Waals surface area contributed by atoms with Gasteiger partial charge in [0, 0.05) is 5.56 Å². The van der Waals surface area contributed by atoms with Crippen molar-refractivity contribution in [2.45, 2.75) is 103 Å². The van der Waals surface area contributed by atoms with E-state index in [0.29, 0.717) is 5.92 Å². The molecule has 2 aromatic rings. The Balaban J connectivity index is 1.21. The second-order valence-electron chi connectivity index (χ2n) is 10.8. The molecule has 2 aliphatic carbocycles. The van der Waals surface area contributed by atoms with Crippen LogP contribution < -0.4 is 0 Å². The molecule has 2 saturated carbocycles. The van der Waals surface area contributed by atoms with Gasteiger partial charge in [0.15, 0.2) is 0 Å². The molecule has 0 aliphatic heterocycles. The highest BCUT2D eigenvalue weighted by atomic mass is 14.3. The topological polar surface area (TPSA) is 0 Å². The predicted octanol–water partition coefficient (Wildman–Crippen LogP) is 9.59. The van der Waals surface area contributed by atoms with Gasteiger partial charge in [-0.1, -0.05) is 81.0 Å². The van der Waals surface area contributed by atoms with Crippen molar-refractivity contribution in [1.82, 2.24) is 0 Å². The lowest BCUT2D eigenvalue weighted by Gasteiger charge is -2.28. The van der Waals surface area contributed by atoms with Gasteiger partial charge in [0.1, 0.15) is 0 Å². The van der Waals surface area contributed by atoms with Crippen LogP contribution in [-0.2, 0) is 6.42 Å². The third-order valence-electron chi connectivity index (χ3n) is 8.52. The van der Waals surface area contributed by atoms with E-state index in [1.54, 1.807) is 5.56 Å². The molecule has 2 aliphatic rings. The summed E-state index contributed by atoms with van der Waals surface area (Å²) in [5.41, 5.74) is 5.70. The summed E-state index contributed by atoms with van der Waals surface area (Å²) >= 11 is 0. The Hall–Kier alpha value is -2.26. The minimum atomic E-state index is 0.690. The Bertz CT molecular complexity index is 934. The fourth-order valence-corrected chi connectivity index (χ4v) is 6.03. The lowest BCUT2D eigenvalue weighted by Crippen LogP contribution is -2.12. The second-order valence-corrected chi connectivity index (χ2v) is 10.8. The van der Waals surface area contributed by atoms with E-state index in [9.17, 15) is 0 Å². The molecule has 0 N–H and O–H groups in total. The standard InChI is InChI=1S/C34H44/c1-3-5-8-28-13-21-33(22-14-28)34-25-17-30(18-26-34)10-7-6-9-29-15-23-32(24-16-29)31-19-11-27(4-2)12-20-31/h7,10,13-16,21-24,27,30-31,34H,3-5,8,11-12,17-20,25-26H2,1-2H3/t27-,30-,31-,34-. The summed E-state index contributed by atoms with van der Waals surface area (Å²) in [6.45, 7) is 4.61. The second kappa shape index (κ2) is 13.0. The number of rotatable bonds is 7.